The van der Waals surface area contributed by atoms with Gasteiger partial charge in [0.25, 0.3) is 0 Å². The van der Waals surface area contributed by atoms with Crippen LogP contribution >= 0.6 is 0 Å². The zero-order valence-corrected chi connectivity index (χ0v) is 16.2. The van der Waals surface area contributed by atoms with E-state index >= 15 is 0 Å². The average Bonchev–Trinajstić information content (AvgIpc) is 2.71. The van der Waals surface area contributed by atoms with Crippen LogP contribution in [0, 0.1) is 12.8 Å². The van der Waals surface area contributed by atoms with Gasteiger partial charge in [0.1, 0.15) is 5.75 Å². The number of carbonyl (C=O) groups is 1. The van der Waals surface area contributed by atoms with Crippen LogP contribution in [0.5, 0.6) is 5.75 Å². The van der Waals surface area contributed by atoms with Crippen molar-refractivity contribution in [1.29, 1.82) is 0 Å². The largest absolute Gasteiger partial charge is 0.489 e. The quantitative estimate of drug-likeness (QED) is 0.848. The van der Waals surface area contributed by atoms with Gasteiger partial charge in [0.15, 0.2) is 0 Å². The summed E-state index contributed by atoms with van der Waals surface area (Å²) in [5, 5.41) is 6.82. The Labute approximate surface area is 161 Å². The molecule has 3 atom stereocenters. The first-order valence-electron chi connectivity index (χ1n) is 10.4. The van der Waals surface area contributed by atoms with Crippen LogP contribution < -0.4 is 15.4 Å². The molecule has 2 heterocycles. The standard InChI is InChI=1S/C21H31N3O3/c1-14-19(3-2-10-22-14)27-17-7-5-16(6-8-17)24-21(25)15-4-9-20-18(13-15)23-11-12-26-20/h2-3,10,15-18,20,23H,4-9,11-13H2,1H3,(H,24,25)/t15-,16?,17?,18+,20+/m0/s1. The summed E-state index contributed by atoms with van der Waals surface area (Å²) in [4.78, 5) is 17.0. The van der Waals surface area contributed by atoms with E-state index < -0.39 is 0 Å². The van der Waals surface area contributed by atoms with Gasteiger partial charge in [-0.25, -0.2) is 0 Å². The number of pyridine rings is 1. The van der Waals surface area contributed by atoms with E-state index in [0.717, 1.165) is 69.5 Å². The van der Waals surface area contributed by atoms with E-state index in [9.17, 15) is 4.79 Å². The van der Waals surface area contributed by atoms with Gasteiger partial charge >= 0.3 is 0 Å². The van der Waals surface area contributed by atoms with Crippen molar-refractivity contribution >= 4 is 5.91 Å². The number of ether oxygens (including phenoxy) is 2. The van der Waals surface area contributed by atoms with Crippen LogP contribution in [0.25, 0.3) is 0 Å². The molecule has 1 aliphatic heterocycles. The normalized spacial score (nSPS) is 33.7. The minimum absolute atomic E-state index is 0.118. The van der Waals surface area contributed by atoms with Crippen molar-refractivity contribution < 1.29 is 14.3 Å². The van der Waals surface area contributed by atoms with Gasteiger partial charge in [-0.3, -0.25) is 9.78 Å². The fraction of sp³-hybridized carbons (Fsp3) is 0.714. The molecule has 0 bridgehead atoms. The van der Waals surface area contributed by atoms with Crippen LogP contribution in [-0.4, -0.2) is 48.3 Å². The van der Waals surface area contributed by atoms with E-state index in [4.69, 9.17) is 9.47 Å². The van der Waals surface area contributed by atoms with Gasteiger partial charge in [0.05, 0.1) is 24.5 Å². The molecule has 27 heavy (non-hydrogen) atoms. The van der Waals surface area contributed by atoms with E-state index in [1.807, 2.05) is 19.1 Å². The number of nitrogens with one attached hydrogen (secondary N) is 2. The third kappa shape index (κ3) is 4.61. The second-order valence-corrected chi connectivity index (χ2v) is 8.17. The van der Waals surface area contributed by atoms with E-state index in [0.29, 0.717) is 12.1 Å². The molecule has 148 valence electrons. The maximum Gasteiger partial charge on any atom is 0.223 e. The number of morpholine rings is 1. The zero-order chi connectivity index (χ0) is 18.6. The molecule has 6 nitrogen and oxygen atoms in total. The fourth-order valence-corrected chi connectivity index (χ4v) is 4.67. The summed E-state index contributed by atoms with van der Waals surface area (Å²) in [6, 6.07) is 4.51. The predicted molar refractivity (Wildman–Crippen MR) is 103 cm³/mol. The first-order chi connectivity index (χ1) is 13.2. The molecule has 1 aromatic heterocycles. The summed E-state index contributed by atoms with van der Waals surface area (Å²) in [5.41, 5.74) is 0.934. The summed E-state index contributed by atoms with van der Waals surface area (Å²) < 4.78 is 11.9. The molecule has 6 heteroatoms. The second-order valence-electron chi connectivity index (χ2n) is 8.17. The van der Waals surface area contributed by atoms with Crippen LogP contribution in [0.4, 0.5) is 0 Å². The summed E-state index contributed by atoms with van der Waals surface area (Å²) >= 11 is 0. The summed E-state index contributed by atoms with van der Waals surface area (Å²) in [5.74, 6) is 1.23. The van der Waals surface area contributed by atoms with Gasteiger partial charge in [0, 0.05) is 30.7 Å². The van der Waals surface area contributed by atoms with Crippen molar-refractivity contribution in [2.24, 2.45) is 5.92 Å². The molecule has 3 aliphatic rings. The molecule has 0 radical (unpaired) electrons. The Morgan fingerprint density at radius 3 is 2.93 bits per heavy atom. The third-order valence-corrected chi connectivity index (χ3v) is 6.27. The first kappa shape index (κ1) is 18.7. The van der Waals surface area contributed by atoms with E-state index in [-0.39, 0.29) is 24.0 Å². The van der Waals surface area contributed by atoms with E-state index in [1.165, 1.54) is 0 Å². The Hall–Kier alpha value is -1.66. The Balaban J connectivity index is 1.22. The highest BCUT2D eigenvalue weighted by Crippen LogP contribution is 2.30. The van der Waals surface area contributed by atoms with Gasteiger partial charge in [-0.2, -0.15) is 0 Å². The van der Waals surface area contributed by atoms with Gasteiger partial charge in [-0.1, -0.05) is 0 Å². The van der Waals surface area contributed by atoms with Crippen LogP contribution in [0.2, 0.25) is 0 Å². The summed E-state index contributed by atoms with van der Waals surface area (Å²) in [6.45, 7) is 3.67. The van der Waals surface area contributed by atoms with Crippen LogP contribution in [-0.2, 0) is 9.53 Å². The van der Waals surface area contributed by atoms with Crippen molar-refractivity contribution in [1.82, 2.24) is 15.6 Å². The van der Waals surface area contributed by atoms with Crippen LogP contribution in [0.1, 0.15) is 50.6 Å². The molecule has 0 unspecified atom stereocenters. The first-order valence-corrected chi connectivity index (χ1v) is 10.4. The number of rotatable bonds is 4. The highest BCUT2D eigenvalue weighted by atomic mass is 16.5. The third-order valence-electron chi connectivity index (χ3n) is 6.27. The Morgan fingerprint density at radius 1 is 1.26 bits per heavy atom. The molecule has 1 amide bonds. The monoisotopic (exact) mass is 373 g/mol. The second kappa shape index (κ2) is 8.57. The highest BCUT2D eigenvalue weighted by molar-refractivity contribution is 5.79. The SMILES string of the molecule is Cc1ncccc1OC1CCC(NC(=O)[C@H]2CC[C@H]3OCCN[C@@H]3C2)CC1. The maximum atomic E-state index is 12.7. The molecule has 0 aromatic carbocycles. The fourth-order valence-electron chi connectivity index (χ4n) is 4.67. The van der Waals surface area contributed by atoms with Crippen molar-refractivity contribution in [3.63, 3.8) is 0 Å². The van der Waals surface area contributed by atoms with Crippen molar-refractivity contribution in [3.8, 4) is 5.75 Å². The number of carbonyl (C=O) groups excluding carboxylic acids is 1. The molecule has 4 rings (SSSR count). The number of nitrogens with zero attached hydrogens (tertiary/aromatic N) is 1. The predicted octanol–water partition coefficient (Wildman–Crippen LogP) is 2.35. The van der Waals surface area contributed by atoms with Crippen molar-refractivity contribution in [3.05, 3.63) is 24.0 Å². The molecule has 1 saturated heterocycles. The summed E-state index contributed by atoms with van der Waals surface area (Å²) in [6.07, 6.45) is 9.05. The zero-order valence-electron chi connectivity index (χ0n) is 16.2. The number of fused-ring (bicyclic) bond motifs is 1. The topological polar surface area (TPSA) is 72.5 Å². The van der Waals surface area contributed by atoms with Crippen molar-refractivity contribution in [2.45, 2.75) is 76.2 Å². The number of hydrogen-bond donors (Lipinski definition) is 2. The molecule has 3 fully saturated rings. The lowest BCUT2D eigenvalue weighted by Crippen LogP contribution is -2.53. The van der Waals surface area contributed by atoms with Gasteiger partial charge in [0.2, 0.25) is 5.91 Å². The lowest BCUT2D eigenvalue weighted by molar-refractivity contribution is -0.129. The lowest BCUT2D eigenvalue weighted by atomic mass is 9.82. The van der Waals surface area contributed by atoms with Gasteiger partial charge < -0.3 is 20.1 Å². The maximum absolute atomic E-state index is 12.7. The van der Waals surface area contributed by atoms with Gasteiger partial charge in [-0.05, 0) is 64.0 Å². The average molecular weight is 373 g/mol. The molecule has 2 saturated carbocycles. The Kier molecular flexibility index (Phi) is 5.93. The number of aryl methyl sites for hydroxylation is 1. The Morgan fingerprint density at radius 2 is 2.11 bits per heavy atom. The lowest BCUT2D eigenvalue weighted by Gasteiger charge is -2.39. The highest BCUT2D eigenvalue weighted by Gasteiger charge is 2.36. The minimum atomic E-state index is 0.118. The van der Waals surface area contributed by atoms with Gasteiger partial charge in [-0.15, -0.1) is 0 Å². The molecular weight excluding hydrogens is 342 g/mol. The number of amides is 1. The minimum Gasteiger partial charge on any atom is -0.489 e. The molecule has 2 aliphatic carbocycles. The smallest absolute Gasteiger partial charge is 0.223 e. The van der Waals surface area contributed by atoms with E-state index in [1.54, 1.807) is 6.20 Å². The van der Waals surface area contributed by atoms with Crippen LogP contribution in [0.3, 0.4) is 0 Å². The van der Waals surface area contributed by atoms with Crippen LogP contribution in [0.15, 0.2) is 18.3 Å². The van der Waals surface area contributed by atoms with E-state index in [2.05, 4.69) is 15.6 Å². The number of aromatic nitrogens is 1. The molecule has 2 N–H and O–H groups in total. The van der Waals surface area contributed by atoms with Crippen molar-refractivity contribution in [2.75, 3.05) is 13.2 Å². The number of hydrogen-bond acceptors (Lipinski definition) is 5. The molecule has 0 spiro atoms. The molecule has 1 aromatic rings. The molecular formula is C21H31N3O3. The summed E-state index contributed by atoms with van der Waals surface area (Å²) in [7, 11) is 0. The Bertz CT molecular complexity index is 645.